The number of nitrogens with one attached hydrogen (secondary N) is 1. The molecule has 1 fully saturated rings. The summed E-state index contributed by atoms with van der Waals surface area (Å²) in [5.74, 6) is 0.313. The molecule has 0 atom stereocenters. The highest BCUT2D eigenvalue weighted by molar-refractivity contribution is 5.94. The topological polar surface area (TPSA) is 51.1 Å². The minimum absolute atomic E-state index is 0.0271. The molecule has 0 bridgehead atoms. The molecule has 0 unspecified atom stereocenters. The van der Waals surface area contributed by atoms with E-state index in [2.05, 4.69) is 12.2 Å². The molecular formula is C20H32N2O2. The highest BCUT2D eigenvalue weighted by Gasteiger charge is 2.21. The normalized spacial score (nSPS) is 15.7. The Morgan fingerprint density at radius 1 is 1.29 bits per heavy atom. The monoisotopic (exact) mass is 332 g/mol. The van der Waals surface area contributed by atoms with Crippen molar-refractivity contribution in [3.63, 3.8) is 0 Å². The summed E-state index contributed by atoms with van der Waals surface area (Å²) in [6, 6.07) is 1.81. The Balaban J connectivity index is 2.41. The number of aryl methyl sites for hydroxylation is 1. The van der Waals surface area contributed by atoms with Gasteiger partial charge in [-0.15, -0.1) is 0 Å². The van der Waals surface area contributed by atoms with E-state index in [9.17, 15) is 9.59 Å². The van der Waals surface area contributed by atoms with Gasteiger partial charge in [0.05, 0.1) is 0 Å². The number of carbonyl (C=O) groups is 1. The molecule has 1 aromatic heterocycles. The summed E-state index contributed by atoms with van der Waals surface area (Å²) in [6.45, 7) is 8.74. The first kappa shape index (κ1) is 18.8. The number of pyridine rings is 1. The maximum Gasteiger partial charge on any atom is 0.263 e. The van der Waals surface area contributed by atoms with Gasteiger partial charge in [-0.25, -0.2) is 0 Å². The summed E-state index contributed by atoms with van der Waals surface area (Å²) < 4.78 is 1.91. The SMILES string of the molecule is CCCc1c(C)cc(C(=O)NC(C)C)c(=O)n1CC1CCCCC1. The maximum absolute atomic E-state index is 13.0. The van der Waals surface area contributed by atoms with E-state index >= 15 is 0 Å². The van der Waals surface area contributed by atoms with Crippen molar-refractivity contribution in [2.45, 2.75) is 85.2 Å². The Kier molecular flexibility index (Phi) is 6.64. The highest BCUT2D eigenvalue weighted by atomic mass is 16.2. The molecule has 1 heterocycles. The summed E-state index contributed by atoms with van der Waals surface area (Å²) in [5, 5.41) is 2.86. The predicted octanol–water partition coefficient (Wildman–Crippen LogP) is 3.83. The molecular weight excluding hydrogens is 300 g/mol. The van der Waals surface area contributed by atoms with Crippen LogP contribution in [0.2, 0.25) is 0 Å². The zero-order valence-electron chi connectivity index (χ0n) is 15.7. The quantitative estimate of drug-likeness (QED) is 0.861. The Bertz CT molecular complexity index is 625. The van der Waals surface area contributed by atoms with Gasteiger partial charge >= 0.3 is 0 Å². The van der Waals surface area contributed by atoms with Crippen LogP contribution in [0, 0.1) is 12.8 Å². The van der Waals surface area contributed by atoms with Crippen molar-refractivity contribution in [1.82, 2.24) is 9.88 Å². The van der Waals surface area contributed by atoms with Gasteiger partial charge in [-0.2, -0.15) is 0 Å². The van der Waals surface area contributed by atoms with E-state index in [-0.39, 0.29) is 23.1 Å². The van der Waals surface area contributed by atoms with Crippen molar-refractivity contribution in [3.05, 3.63) is 33.2 Å². The summed E-state index contributed by atoms with van der Waals surface area (Å²) in [4.78, 5) is 25.4. The van der Waals surface area contributed by atoms with Crippen LogP contribution in [-0.2, 0) is 13.0 Å². The van der Waals surface area contributed by atoms with Crippen LogP contribution in [0.4, 0.5) is 0 Å². The van der Waals surface area contributed by atoms with E-state index in [0.29, 0.717) is 5.92 Å². The van der Waals surface area contributed by atoms with Gasteiger partial charge in [0.1, 0.15) is 5.56 Å². The molecule has 134 valence electrons. The van der Waals surface area contributed by atoms with Gasteiger partial charge in [0, 0.05) is 18.3 Å². The number of hydrogen-bond acceptors (Lipinski definition) is 2. The number of aromatic nitrogens is 1. The van der Waals surface area contributed by atoms with Crippen LogP contribution in [-0.4, -0.2) is 16.5 Å². The van der Waals surface area contributed by atoms with Crippen LogP contribution in [0.25, 0.3) is 0 Å². The first-order valence-electron chi connectivity index (χ1n) is 9.48. The lowest BCUT2D eigenvalue weighted by molar-refractivity contribution is 0.0940. The molecule has 4 nitrogen and oxygen atoms in total. The second-order valence-electron chi connectivity index (χ2n) is 7.49. The molecule has 1 amide bonds. The van der Waals surface area contributed by atoms with E-state index in [1.165, 1.54) is 32.1 Å². The molecule has 24 heavy (non-hydrogen) atoms. The second kappa shape index (κ2) is 8.50. The number of nitrogens with zero attached hydrogens (tertiary/aromatic N) is 1. The Labute approximate surface area is 145 Å². The van der Waals surface area contributed by atoms with Crippen molar-refractivity contribution in [1.29, 1.82) is 0 Å². The number of rotatable bonds is 6. The fourth-order valence-corrected chi connectivity index (χ4v) is 3.73. The summed E-state index contributed by atoms with van der Waals surface area (Å²) >= 11 is 0. The van der Waals surface area contributed by atoms with Crippen molar-refractivity contribution in [2.75, 3.05) is 0 Å². The van der Waals surface area contributed by atoms with Crippen molar-refractivity contribution < 1.29 is 4.79 Å². The second-order valence-corrected chi connectivity index (χ2v) is 7.49. The van der Waals surface area contributed by atoms with E-state index < -0.39 is 0 Å². The summed E-state index contributed by atoms with van der Waals surface area (Å²) in [7, 11) is 0. The number of amides is 1. The third-order valence-electron chi connectivity index (χ3n) is 4.93. The third kappa shape index (κ3) is 4.49. The fraction of sp³-hybridized carbons (Fsp3) is 0.700. The molecule has 0 aromatic carbocycles. The fourth-order valence-electron chi connectivity index (χ4n) is 3.73. The standard InChI is InChI=1S/C20H32N2O2/c1-5-9-18-15(4)12-17(19(23)21-14(2)3)20(24)22(18)13-16-10-7-6-8-11-16/h12,14,16H,5-11,13H2,1-4H3,(H,21,23). The van der Waals surface area contributed by atoms with Crippen LogP contribution in [0.5, 0.6) is 0 Å². The van der Waals surface area contributed by atoms with Gasteiger partial charge in [-0.1, -0.05) is 32.6 Å². The van der Waals surface area contributed by atoms with Crippen LogP contribution < -0.4 is 10.9 Å². The van der Waals surface area contributed by atoms with Crippen molar-refractivity contribution in [3.8, 4) is 0 Å². The minimum atomic E-state index is -0.251. The van der Waals surface area contributed by atoms with Crippen LogP contribution in [0.15, 0.2) is 10.9 Å². The minimum Gasteiger partial charge on any atom is -0.350 e. The zero-order valence-corrected chi connectivity index (χ0v) is 15.7. The van der Waals surface area contributed by atoms with Gasteiger partial charge < -0.3 is 9.88 Å². The van der Waals surface area contributed by atoms with Crippen molar-refractivity contribution >= 4 is 5.91 Å². The van der Waals surface area contributed by atoms with Gasteiger partial charge in [0.25, 0.3) is 11.5 Å². The Hall–Kier alpha value is -1.58. The van der Waals surface area contributed by atoms with E-state index in [0.717, 1.165) is 30.6 Å². The smallest absolute Gasteiger partial charge is 0.263 e. The number of hydrogen-bond donors (Lipinski definition) is 1. The molecule has 0 saturated heterocycles. The average molecular weight is 332 g/mol. The van der Waals surface area contributed by atoms with Gasteiger partial charge in [0.15, 0.2) is 0 Å². The Morgan fingerprint density at radius 2 is 1.96 bits per heavy atom. The summed E-state index contributed by atoms with van der Waals surface area (Å²) in [6.07, 6.45) is 8.11. The largest absolute Gasteiger partial charge is 0.350 e. The van der Waals surface area contributed by atoms with Crippen LogP contribution >= 0.6 is 0 Å². The highest BCUT2D eigenvalue weighted by Crippen LogP contribution is 2.25. The molecule has 4 heteroatoms. The van der Waals surface area contributed by atoms with E-state index in [4.69, 9.17) is 0 Å². The third-order valence-corrected chi connectivity index (χ3v) is 4.93. The average Bonchev–Trinajstić information content (AvgIpc) is 2.54. The Morgan fingerprint density at radius 3 is 2.54 bits per heavy atom. The lowest BCUT2D eigenvalue weighted by atomic mass is 9.89. The molecule has 1 saturated carbocycles. The van der Waals surface area contributed by atoms with Crippen molar-refractivity contribution in [2.24, 2.45) is 5.92 Å². The van der Waals surface area contributed by atoms with Gasteiger partial charge in [0.2, 0.25) is 0 Å². The molecule has 0 spiro atoms. The molecule has 1 aliphatic rings. The molecule has 1 aliphatic carbocycles. The van der Waals surface area contributed by atoms with E-state index in [1.807, 2.05) is 25.3 Å². The van der Waals surface area contributed by atoms with Crippen LogP contribution in [0.3, 0.4) is 0 Å². The molecule has 0 aliphatic heterocycles. The molecule has 2 rings (SSSR count). The maximum atomic E-state index is 13.0. The lowest BCUT2D eigenvalue weighted by Crippen LogP contribution is -2.38. The first-order valence-corrected chi connectivity index (χ1v) is 9.48. The molecule has 0 radical (unpaired) electrons. The molecule has 1 aromatic rings. The number of carbonyl (C=O) groups excluding carboxylic acids is 1. The predicted molar refractivity (Wildman–Crippen MR) is 98.6 cm³/mol. The van der Waals surface area contributed by atoms with Gasteiger partial charge in [-0.05, 0) is 57.6 Å². The molecule has 1 N–H and O–H groups in total. The summed E-state index contributed by atoms with van der Waals surface area (Å²) in [5.41, 5.74) is 2.33. The lowest BCUT2D eigenvalue weighted by Gasteiger charge is -2.25. The zero-order chi connectivity index (χ0) is 17.7. The van der Waals surface area contributed by atoms with Gasteiger partial charge in [-0.3, -0.25) is 9.59 Å². The first-order chi connectivity index (χ1) is 11.4. The van der Waals surface area contributed by atoms with E-state index in [1.54, 1.807) is 6.07 Å². The van der Waals surface area contributed by atoms with Crippen LogP contribution in [0.1, 0.15) is 80.9 Å².